The van der Waals surface area contributed by atoms with E-state index in [9.17, 15) is 0 Å². The van der Waals surface area contributed by atoms with Crippen molar-refractivity contribution in [2.45, 2.75) is 17.8 Å². The van der Waals surface area contributed by atoms with Crippen LogP contribution in [-0.4, -0.2) is 30.2 Å². The lowest BCUT2D eigenvalue weighted by Gasteiger charge is -2.43. The molecule has 0 bridgehead atoms. The first-order valence-electron chi connectivity index (χ1n) is 15.2. The molecule has 0 radical (unpaired) electrons. The Morgan fingerprint density at radius 1 is 0.600 bits per heavy atom. The molecule has 222 valence electrons. The van der Waals surface area contributed by atoms with Gasteiger partial charge in [0.2, 0.25) is 0 Å². The molecule has 1 N–H and O–H groups in total. The second-order valence-electron chi connectivity index (χ2n) is 11.5. The molecule has 5 heteroatoms. The monoisotopic (exact) mass is 590 g/mol. The number of aromatic amines is 1. The van der Waals surface area contributed by atoms with Crippen molar-refractivity contribution in [2.75, 3.05) is 14.2 Å². The first-order valence-corrected chi connectivity index (χ1v) is 15.2. The molecule has 0 aliphatic heterocycles. The molecule has 5 aromatic carbocycles. The SMILES string of the molecule is COc1ccc([C@H]2c3c(-c4ccccc4)n[nH]c3[C@H](c3ccccc3)[C@@H](c3ccc(OC)cc3)[C@@H]2C(=O)c2ccccc2)cc1. The van der Waals surface area contributed by atoms with E-state index in [1.54, 1.807) is 14.2 Å². The Labute approximate surface area is 263 Å². The Bertz CT molecular complexity index is 1880. The van der Waals surface area contributed by atoms with Crippen LogP contribution in [0.3, 0.4) is 0 Å². The van der Waals surface area contributed by atoms with Gasteiger partial charge in [-0.2, -0.15) is 5.10 Å². The number of ether oxygens (including phenoxy) is 2. The number of fused-ring (bicyclic) bond motifs is 1. The number of benzene rings is 5. The molecule has 0 unspecified atom stereocenters. The van der Waals surface area contributed by atoms with Gasteiger partial charge in [-0.15, -0.1) is 0 Å². The molecule has 45 heavy (non-hydrogen) atoms. The predicted octanol–water partition coefficient (Wildman–Crippen LogP) is 8.65. The van der Waals surface area contributed by atoms with Crippen LogP contribution in [-0.2, 0) is 0 Å². The summed E-state index contributed by atoms with van der Waals surface area (Å²) >= 11 is 0. The van der Waals surface area contributed by atoms with E-state index in [1.807, 2.05) is 78.9 Å². The number of Topliss-reactive ketones (excluding diaryl/α,β-unsaturated/α-hetero) is 1. The van der Waals surface area contributed by atoms with Gasteiger partial charge in [0.15, 0.2) is 5.78 Å². The Hall–Kier alpha value is -5.42. The highest BCUT2D eigenvalue weighted by molar-refractivity contribution is 6.00. The number of rotatable bonds is 8. The maximum absolute atomic E-state index is 15.1. The van der Waals surface area contributed by atoms with Gasteiger partial charge in [-0.1, -0.05) is 115 Å². The van der Waals surface area contributed by atoms with Crippen LogP contribution in [0.4, 0.5) is 0 Å². The fraction of sp³-hybridized carbons (Fsp3) is 0.150. The van der Waals surface area contributed by atoms with Gasteiger partial charge >= 0.3 is 0 Å². The van der Waals surface area contributed by atoms with Gasteiger partial charge in [-0.05, 0) is 41.0 Å². The lowest BCUT2D eigenvalue weighted by molar-refractivity contribution is 0.0870. The zero-order valence-corrected chi connectivity index (χ0v) is 25.3. The summed E-state index contributed by atoms with van der Waals surface area (Å²) in [5.41, 5.74) is 7.88. The van der Waals surface area contributed by atoms with Gasteiger partial charge < -0.3 is 9.47 Å². The normalized spacial score (nSPS) is 19.0. The molecule has 0 saturated heterocycles. The number of ketones is 1. The number of nitrogens with one attached hydrogen (secondary N) is 1. The summed E-state index contributed by atoms with van der Waals surface area (Å²) in [5.74, 6) is 0.527. The molecule has 1 aliphatic carbocycles. The van der Waals surface area contributed by atoms with E-state index in [1.165, 1.54) is 0 Å². The van der Waals surface area contributed by atoms with Gasteiger partial charge in [0.1, 0.15) is 11.5 Å². The van der Waals surface area contributed by atoms with E-state index in [4.69, 9.17) is 14.6 Å². The molecule has 0 fully saturated rings. The quantitative estimate of drug-likeness (QED) is 0.180. The third kappa shape index (κ3) is 5.21. The number of hydrogen-bond acceptors (Lipinski definition) is 4. The molecular weight excluding hydrogens is 556 g/mol. The van der Waals surface area contributed by atoms with Crippen LogP contribution in [0.2, 0.25) is 0 Å². The summed E-state index contributed by atoms with van der Waals surface area (Å²) in [7, 11) is 3.34. The minimum atomic E-state index is -0.452. The predicted molar refractivity (Wildman–Crippen MR) is 177 cm³/mol. The molecule has 1 aliphatic rings. The summed E-state index contributed by atoms with van der Waals surface area (Å²) in [4.78, 5) is 15.1. The third-order valence-electron chi connectivity index (χ3n) is 9.10. The zero-order chi connectivity index (χ0) is 30.8. The summed E-state index contributed by atoms with van der Waals surface area (Å²) < 4.78 is 11.1. The highest BCUT2D eigenvalue weighted by Crippen LogP contribution is 2.58. The molecule has 6 aromatic rings. The van der Waals surface area contributed by atoms with Gasteiger partial charge in [0, 0.05) is 46.1 Å². The summed E-state index contributed by atoms with van der Waals surface area (Å²) in [5, 5.41) is 8.50. The molecule has 7 rings (SSSR count). The largest absolute Gasteiger partial charge is 0.497 e. The van der Waals surface area contributed by atoms with Crippen LogP contribution < -0.4 is 9.47 Å². The number of nitrogens with zero attached hydrogens (tertiary/aromatic N) is 1. The van der Waals surface area contributed by atoms with Gasteiger partial charge in [0.25, 0.3) is 0 Å². The number of hydrogen-bond donors (Lipinski definition) is 1. The molecule has 1 heterocycles. The first-order chi connectivity index (χ1) is 22.2. The minimum Gasteiger partial charge on any atom is -0.497 e. The molecule has 1 aromatic heterocycles. The number of carbonyl (C=O) groups excluding carboxylic acids is 1. The molecule has 5 nitrogen and oxygen atoms in total. The van der Waals surface area contributed by atoms with Crippen molar-refractivity contribution in [3.8, 4) is 22.8 Å². The number of methoxy groups -OCH3 is 2. The Morgan fingerprint density at radius 3 is 1.69 bits per heavy atom. The van der Waals surface area contributed by atoms with Crippen molar-refractivity contribution in [1.82, 2.24) is 10.2 Å². The van der Waals surface area contributed by atoms with Crippen LogP contribution in [0.5, 0.6) is 11.5 Å². The number of aromatic nitrogens is 2. The maximum Gasteiger partial charge on any atom is 0.167 e. The van der Waals surface area contributed by atoms with E-state index in [2.05, 4.69) is 65.8 Å². The summed E-state index contributed by atoms with van der Waals surface area (Å²) in [6.07, 6.45) is 0. The van der Waals surface area contributed by atoms with E-state index < -0.39 is 5.92 Å². The fourth-order valence-electron chi connectivity index (χ4n) is 7.06. The number of H-pyrrole nitrogens is 1. The van der Waals surface area contributed by atoms with E-state index in [0.29, 0.717) is 5.56 Å². The molecule has 0 saturated carbocycles. The Kier molecular flexibility index (Phi) is 7.75. The van der Waals surface area contributed by atoms with Gasteiger partial charge in [0.05, 0.1) is 19.9 Å². The Balaban J connectivity index is 1.56. The van der Waals surface area contributed by atoms with Crippen molar-refractivity contribution < 1.29 is 14.3 Å². The van der Waals surface area contributed by atoms with Crippen LogP contribution in [0.1, 0.15) is 56.1 Å². The molecular formula is C40H34N2O3. The Morgan fingerprint density at radius 2 is 1.11 bits per heavy atom. The topological polar surface area (TPSA) is 64.2 Å². The smallest absolute Gasteiger partial charge is 0.167 e. The lowest BCUT2D eigenvalue weighted by atomic mass is 9.58. The first kappa shape index (κ1) is 28.4. The van der Waals surface area contributed by atoms with Crippen molar-refractivity contribution >= 4 is 5.78 Å². The van der Waals surface area contributed by atoms with Crippen molar-refractivity contribution in [1.29, 1.82) is 0 Å². The van der Waals surface area contributed by atoms with Crippen LogP contribution >= 0.6 is 0 Å². The summed E-state index contributed by atoms with van der Waals surface area (Å²) in [6.45, 7) is 0. The molecule has 4 atom stereocenters. The molecule has 0 spiro atoms. The lowest BCUT2D eigenvalue weighted by Crippen LogP contribution is -2.38. The van der Waals surface area contributed by atoms with Crippen molar-refractivity contribution in [3.63, 3.8) is 0 Å². The van der Waals surface area contributed by atoms with Crippen LogP contribution in [0.15, 0.2) is 140 Å². The highest BCUT2D eigenvalue weighted by Gasteiger charge is 2.50. The average molecular weight is 591 g/mol. The van der Waals surface area contributed by atoms with Crippen molar-refractivity contribution in [3.05, 3.63) is 173 Å². The zero-order valence-electron chi connectivity index (χ0n) is 25.3. The highest BCUT2D eigenvalue weighted by atomic mass is 16.5. The minimum absolute atomic E-state index is 0.101. The fourth-order valence-corrected chi connectivity index (χ4v) is 7.06. The van der Waals surface area contributed by atoms with Crippen LogP contribution in [0.25, 0.3) is 11.3 Å². The van der Waals surface area contributed by atoms with Crippen molar-refractivity contribution in [2.24, 2.45) is 5.92 Å². The van der Waals surface area contributed by atoms with Crippen LogP contribution in [0, 0.1) is 5.92 Å². The average Bonchev–Trinajstić information content (AvgIpc) is 3.56. The molecule has 0 amide bonds. The summed E-state index contributed by atoms with van der Waals surface area (Å²) in [6, 6.07) is 46.7. The van der Waals surface area contributed by atoms with E-state index in [-0.39, 0.29) is 23.5 Å². The van der Waals surface area contributed by atoms with Gasteiger partial charge in [-0.3, -0.25) is 9.89 Å². The van der Waals surface area contributed by atoms with E-state index in [0.717, 1.165) is 50.7 Å². The van der Waals surface area contributed by atoms with E-state index >= 15 is 4.79 Å². The third-order valence-corrected chi connectivity index (χ3v) is 9.10. The second-order valence-corrected chi connectivity index (χ2v) is 11.5. The second kappa shape index (κ2) is 12.3. The number of carbonyl (C=O) groups is 1. The van der Waals surface area contributed by atoms with Gasteiger partial charge in [-0.25, -0.2) is 0 Å². The standard InChI is InChI=1S/C40H34N2O3/c1-44-31-22-18-27(19-23-31)33-35(26-12-6-3-7-13-26)39-37(38(41-42-39)29-14-8-4-9-15-29)34(28-20-24-32(45-2)25-21-28)36(33)40(43)30-16-10-5-11-17-30/h3-25,33-36H,1-2H3,(H,41,42)/t33-,34-,35-,36+/m1/s1. The maximum atomic E-state index is 15.1.